The van der Waals surface area contributed by atoms with Gasteiger partial charge in [-0.3, -0.25) is 9.47 Å². The SMILES string of the molecule is Cc1ccc2[nH]c(=S)n(C(C)CN3CCOCC3)c2n1. The van der Waals surface area contributed by atoms with Gasteiger partial charge in [-0.15, -0.1) is 0 Å². The van der Waals surface area contributed by atoms with Crippen LogP contribution in [0.1, 0.15) is 18.7 Å². The van der Waals surface area contributed by atoms with Gasteiger partial charge in [0.25, 0.3) is 0 Å². The molecule has 2 aromatic rings. The molecule has 0 spiro atoms. The standard InChI is InChI=1S/C14H20N4OS/c1-10-3-4-12-13(15-10)18(14(20)16-12)11(2)9-17-5-7-19-8-6-17/h3-4,11H,5-9H2,1-2H3,(H,16,20). The van der Waals surface area contributed by atoms with Crippen LogP contribution in [-0.4, -0.2) is 52.3 Å². The van der Waals surface area contributed by atoms with E-state index in [0.717, 1.165) is 54.5 Å². The van der Waals surface area contributed by atoms with E-state index in [2.05, 4.69) is 26.4 Å². The molecule has 0 saturated carbocycles. The van der Waals surface area contributed by atoms with Crippen LogP contribution in [0.5, 0.6) is 0 Å². The zero-order valence-electron chi connectivity index (χ0n) is 11.9. The summed E-state index contributed by atoms with van der Waals surface area (Å²) < 4.78 is 8.28. The van der Waals surface area contributed by atoms with Crippen LogP contribution >= 0.6 is 12.2 Å². The van der Waals surface area contributed by atoms with E-state index in [0.29, 0.717) is 6.04 Å². The Labute approximate surface area is 123 Å². The van der Waals surface area contributed by atoms with E-state index in [1.54, 1.807) is 0 Å². The van der Waals surface area contributed by atoms with Crippen LogP contribution in [0.4, 0.5) is 0 Å². The molecular weight excluding hydrogens is 272 g/mol. The van der Waals surface area contributed by atoms with Gasteiger partial charge in [0.15, 0.2) is 10.4 Å². The number of H-pyrrole nitrogens is 1. The number of morpholine rings is 1. The average molecular weight is 292 g/mol. The van der Waals surface area contributed by atoms with Gasteiger partial charge in [0, 0.05) is 31.4 Å². The molecule has 0 aromatic carbocycles. The number of hydrogen-bond acceptors (Lipinski definition) is 4. The van der Waals surface area contributed by atoms with Crippen molar-refractivity contribution in [2.24, 2.45) is 0 Å². The molecule has 1 atom stereocenters. The zero-order valence-corrected chi connectivity index (χ0v) is 12.7. The lowest BCUT2D eigenvalue weighted by atomic mass is 10.2. The van der Waals surface area contributed by atoms with Crippen molar-refractivity contribution in [2.45, 2.75) is 19.9 Å². The van der Waals surface area contributed by atoms with Crippen molar-refractivity contribution in [3.8, 4) is 0 Å². The quantitative estimate of drug-likeness (QED) is 0.882. The monoisotopic (exact) mass is 292 g/mol. The third-order valence-corrected chi connectivity index (χ3v) is 4.07. The van der Waals surface area contributed by atoms with Crippen molar-refractivity contribution in [1.82, 2.24) is 19.4 Å². The number of aromatic nitrogens is 3. The fourth-order valence-electron chi connectivity index (χ4n) is 2.74. The predicted molar refractivity (Wildman–Crippen MR) is 81.6 cm³/mol. The molecule has 1 saturated heterocycles. The first kappa shape index (κ1) is 13.7. The number of pyridine rings is 1. The lowest BCUT2D eigenvalue weighted by Crippen LogP contribution is -2.39. The maximum atomic E-state index is 5.46. The Bertz CT molecular complexity index is 657. The van der Waals surface area contributed by atoms with Gasteiger partial charge in [-0.2, -0.15) is 0 Å². The number of nitrogens with one attached hydrogen (secondary N) is 1. The summed E-state index contributed by atoms with van der Waals surface area (Å²) in [6, 6.07) is 4.35. The smallest absolute Gasteiger partial charge is 0.179 e. The molecule has 5 nitrogen and oxygen atoms in total. The van der Waals surface area contributed by atoms with Crippen LogP contribution in [0.3, 0.4) is 0 Å². The minimum absolute atomic E-state index is 0.295. The molecule has 1 unspecified atom stereocenters. The first-order valence-corrected chi connectivity index (χ1v) is 7.44. The van der Waals surface area contributed by atoms with Gasteiger partial charge >= 0.3 is 0 Å². The molecule has 1 fully saturated rings. The van der Waals surface area contributed by atoms with Crippen LogP contribution in [0.25, 0.3) is 11.2 Å². The van der Waals surface area contributed by atoms with Crippen molar-refractivity contribution in [1.29, 1.82) is 0 Å². The highest BCUT2D eigenvalue weighted by atomic mass is 32.1. The number of nitrogens with zero attached hydrogens (tertiary/aromatic N) is 3. The second-order valence-electron chi connectivity index (χ2n) is 5.39. The van der Waals surface area contributed by atoms with E-state index in [1.165, 1.54) is 0 Å². The van der Waals surface area contributed by atoms with Gasteiger partial charge < -0.3 is 9.72 Å². The van der Waals surface area contributed by atoms with E-state index < -0.39 is 0 Å². The first-order chi connectivity index (χ1) is 9.65. The maximum absolute atomic E-state index is 5.46. The molecule has 108 valence electrons. The summed E-state index contributed by atoms with van der Waals surface area (Å²) in [6.45, 7) is 8.81. The molecule has 0 radical (unpaired) electrons. The van der Waals surface area contributed by atoms with Crippen LogP contribution in [0, 0.1) is 11.7 Å². The van der Waals surface area contributed by atoms with Gasteiger partial charge in [0.05, 0.1) is 18.7 Å². The summed E-state index contributed by atoms with van der Waals surface area (Å²) >= 11 is 5.46. The highest BCUT2D eigenvalue weighted by Gasteiger charge is 2.17. The lowest BCUT2D eigenvalue weighted by molar-refractivity contribution is 0.0327. The van der Waals surface area contributed by atoms with Gasteiger partial charge in [-0.25, -0.2) is 4.98 Å². The van der Waals surface area contributed by atoms with Crippen LogP contribution < -0.4 is 0 Å². The molecule has 1 N–H and O–H groups in total. The molecule has 1 aliphatic heterocycles. The molecule has 6 heteroatoms. The number of hydrogen-bond donors (Lipinski definition) is 1. The molecule has 3 rings (SSSR count). The normalized spacial score (nSPS) is 18.5. The Hall–Kier alpha value is -1.24. The molecule has 1 aliphatic rings. The zero-order chi connectivity index (χ0) is 14.1. The Balaban J connectivity index is 1.90. The molecule has 3 heterocycles. The van der Waals surface area contributed by atoms with Crippen molar-refractivity contribution >= 4 is 23.4 Å². The first-order valence-electron chi connectivity index (χ1n) is 7.03. The Morgan fingerprint density at radius 1 is 1.40 bits per heavy atom. The second kappa shape index (κ2) is 5.63. The Morgan fingerprint density at radius 2 is 2.15 bits per heavy atom. The molecule has 0 bridgehead atoms. The molecule has 2 aromatic heterocycles. The fraction of sp³-hybridized carbons (Fsp3) is 0.571. The molecular formula is C14H20N4OS. The second-order valence-corrected chi connectivity index (χ2v) is 5.77. The lowest BCUT2D eigenvalue weighted by Gasteiger charge is -2.29. The minimum Gasteiger partial charge on any atom is -0.379 e. The predicted octanol–water partition coefficient (Wildman–Crippen LogP) is 2.30. The number of fused-ring (bicyclic) bond motifs is 1. The van der Waals surface area contributed by atoms with Crippen molar-refractivity contribution in [3.63, 3.8) is 0 Å². The van der Waals surface area contributed by atoms with Crippen LogP contribution in [0.15, 0.2) is 12.1 Å². The van der Waals surface area contributed by atoms with E-state index in [9.17, 15) is 0 Å². The summed E-state index contributed by atoms with van der Waals surface area (Å²) in [5.41, 5.74) is 2.98. The minimum atomic E-state index is 0.295. The van der Waals surface area contributed by atoms with Gasteiger partial charge in [0.1, 0.15) is 0 Å². The third-order valence-electron chi connectivity index (χ3n) is 3.77. The summed E-state index contributed by atoms with van der Waals surface area (Å²) in [5.74, 6) is 0. The van der Waals surface area contributed by atoms with Crippen molar-refractivity contribution < 1.29 is 4.74 Å². The summed E-state index contributed by atoms with van der Waals surface area (Å²) in [7, 11) is 0. The number of rotatable bonds is 3. The van der Waals surface area contributed by atoms with E-state index >= 15 is 0 Å². The summed E-state index contributed by atoms with van der Waals surface area (Å²) in [5, 5.41) is 0. The highest BCUT2D eigenvalue weighted by molar-refractivity contribution is 7.71. The van der Waals surface area contributed by atoms with Crippen molar-refractivity contribution in [2.75, 3.05) is 32.8 Å². The highest BCUT2D eigenvalue weighted by Crippen LogP contribution is 2.19. The average Bonchev–Trinajstić information content (AvgIpc) is 2.75. The number of ether oxygens (including phenoxy) is 1. The topological polar surface area (TPSA) is 46.1 Å². The largest absolute Gasteiger partial charge is 0.379 e. The molecule has 0 amide bonds. The van der Waals surface area contributed by atoms with E-state index in [4.69, 9.17) is 17.0 Å². The van der Waals surface area contributed by atoms with Crippen LogP contribution in [-0.2, 0) is 4.74 Å². The van der Waals surface area contributed by atoms with E-state index in [-0.39, 0.29) is 0 Å². The summed E-state index contributed by atoms with van der Waals surface area (Å²) in [4.78, 5) is 10.3. The van der Waals surface area contributed by atoms with Crippen molar-refractivity contribution in [3.05, 3.63) is 22.6 Å². The maximum Gasteiger partial charge on any atom is 0.179 e. The number of aryl methyl sites for hydroxylation is 1. The van der Waals surface area contributed by atoms with Gasteiger partial charge in [-0.05, 0) is 38.2 Å². The number of imidazole rings is 1. The Morgan fingerprint density at radius 3 is 2.90 bits per heavy atom. The fourth-order valence-corrected chi connectivity index (χ4v) is 3.12. The Kier molecular flexibility index (Phi) is 3.87. The van der Waals surface area contributed by atoms with Crippen LogP contribution in [0.2, 0.25) is 0 Å². The number of aromatic amines is 1. The molecule has 0 aliphatic carbocycles. The van der Waals surface area contributed by atoms with Gasteiger partial charge in [-0.1, -0.05) is 0 Å². The van der Waals surface area contributed by atoms with E-state index in [1.807, 2.05) is 19.1 Å². The van der Waals surface area contributed by atoms with Gasteiger partial charge in [0.2, 0.25) is 0 Å². The molecule has 20 heavy (non-hydrogen) atoms. The third kappa shape index (κ3) is 2.63. The summed E-state index contributed by atoms with van der Waals surface area (Å²) in [6.07, 6.45) is 0.